The van der Waals surface area contributed by atoms with E-state index in [1.54, 1.807) is 0 Å². The summed E-state index contributed by atoms with van der Waals surface area (Å²) < 4.78 is 18.0. The van der Waals surface area contributed by atoms with Crippen LogP contribution in [0.15, 0.2) is 60.7 Å². The summed E-state index contributed by atoms with van der Waals surface area (Å²) in [6, 6.07) is 21.4. The van der Waals surface area contributed by atoms with Gasteiger partial charge in [0.1, 0.15) is 0 Å². The van der Waals surface area contributed by atoms with Crippen LogP contribution < -0.4 is 15.7 Å². The molecule has 0 amide bonds. The molecule has 0 saturated carbocycles. The molecular formula is C23H35NO3Si. The van der Waals surface area contributed by atoms with Crippen LogP contribution in [0.3, 0.4) is 0 Å². The highest BCUT2D eigenvalue weighted by atomic mass is 28.4. The first-order valence-corrected chi connectivity index (χ1v) is 12.0. The lowest BCUT2D eigenvalue weighted by molar-refractivity contribution is 0.0364. The first-order chi connectivity index (χ1) is 13.5. The summed E-state index contributed by atoms with van der Waals surface area (Å²) in [5, 5.41) is 5.64. The van der Waals surface area contributed by atoms with Crippen molar-refractivity contribution in [3.05, 3.63) is 60.7 Å². The van der Waals surface area contributed by atoms with Crippen molar-refractivity contribution in [3.63, 3.8) is 0 Å². The maximum absolute atomic E-state index is 6.77. The summed E-state index contributed by atoms with van der Waals surface area (Å²) in [5.41, 5.74) is 0. The summed E-state index contributed by atoms with van der Waals surface area (Å²) in [7, 11) is -0.536. The molecule has 28 heavy (non-hydrogen) atoms. The molecule has 0 atom stereocenters. The van der Waals surface area contributed by atoms with Crippen LogP contribution in [0.1, 0.15) is 20.8 Å². The van der Waals surface area contributed by atoms with Gasteiger partial charge in [0.15, 0.2) is 0 Å². The Hall–Kier alpha value is -1.50. The van der Waals surface area contributed by atoms with Gasteiger partial charge >= 0.3 is 0 Å². The average molecular weight is 402 g/mol. The highest BCUT2D eigenvalue weighted by Crippen LogP contribution is 2.36. The van der Waals surface area contributed by atoms with E-state index < -0.39 is 8.32 Å². The van der Waals surface area contributed by atoms with E-state index >= 15 is 0 Å². The van der Waals surface area contributed by atoms with Crippen molar-refractivity contribution in [3.8, 4) is 0 Å². The molecule has 0 aliphatic carbocycles. The first kappa shape index (κ1) is 22.8. The minimum atomic E-state index is -2.45. The van der Waals surface area contributed by atoms with E-state index in [1.807, 2.05) is 7.05 Å². The molecule has 4 nitrogen and oxygen atoms in total. The molecule has 0 unspecified atom stereocenters. The Labute approximate surface area is 171 Å². The number of nitrogens with one attached hydrogen (secondary N) is 1. The maximum atomic E-state index is 6.77. The second-order valence-corrected chi connectivity index (χ2v) is 12.1. The molecule has 0 aliphatic rings. The summed E-state index contributed by atoms with van der Waals surface area (Å²) in [4.78, 5) is 0. The van der Waals surface area contributed by atoms with Crippen LogP contribution in [-0.2, 0) is 13.9 Å². The predicted octanol–water partition coefficient (Wildman–Crippen LogP) is 2.82. The molecule has 5 heteroatoms. The van der Waals surface area contributed by atoms with Crippen LogP contribution in [0.25, 0.3) is 0 Å². The SMILES string of the molecule is CNCCOCCOCCO[Si](c1ccccc1)(c1ccccc1)C(C)(C)C. The zero-order valence-corrected chi connectivity index (χ0v) is 18.7. The fraction of sp³-hybridized carbons (Fsp3) is 0.478. The molecule has 2 aromatic rings. The zero-order chi connectivity index (χ0) is 20.3. The fourth-order valence-corrected chi connectivity index (χ4v) is 8.06. The van der Waals surface area contributed by atoms with Crippen LogP contribution in [0.4, 0.5) is 0 Å². The molecule has 0 aliphatic heterocycles. The summed E-state index contributed by atoms with van der Waals surface area (Å²) in [5.74, 6) is 0. The smallest absolute Gasteiger partial charge is 0.261 e. The van der Waals surface area contributed by atoms with Crippen molar-refractivity contribution in [2.75, 3.05) is 46.6 Å². The standard InChI is InChI=1S/C23H35NO3Si/c1-23(2,3)28(21-11-7-5-8-12-21,22-13-9-6-10-14-22)27-20-19-26-18-17-25-16-15-24-4/h5-14,24H,15-20H2,1-4H3. The minimum absolute atomic E-state index is 0.00797. The van der Waals surface area contributed by atoms with Crippen LogP contribution in [-0.4, -0.2) is 54.9 Å². The summed E-state index contributed by atoms with van der Waals surface area (Å²) in [6.07, 6.45) is 0. The molecule has 0 bridgehead atoms. The number of benzene rings is 2. The Bertz CT molecular complexity index is 619. The van der Waals surface area contributed by atoms with Gasteiger partial charge in [0.2, 0.25) is 0 Å². The predicted molar refractivity (Wildman–Crippen MR) is 119 cm³/mol. The molecule has 0 fully saturated rings. The Morgan fingerprint density at radius 3 is 1.64 bits per heavy atom. The first-order valence-electron chi connectivity index (χ1n) is 10.1. The van der Waals surface area contributed by atoms with E-state index in [-0.39, 0.29) is 5.04 Å². The van der Waals surface area contributed by atoms with E-state index in [2.05, 4.69) is 86.8 Å². The molecule has 0 radical (unpaired) electrons. The Morgan fingerprint density at radius 1 is 0.714 bits per heavy atom. The van der Waals surface area contributed by atoms with Gasteiger partial charge in [0.25, 0.3) is 8.32 Å². The Balaban J connectivity index is 2.08. The number of hydrogen-bond donors (Lipinski definition) is 1. The van der Waals surface area contributed by atoms with E-state index in [9.17, 15) is 0 Å². The van der Waals surface area contributed by atoms with Crippen LogP contribution in [0, 0.1) is 0 Å². The normalized spacial score (nSPS) is 12.3. The van der Waals surface area contributed by atoms with Crippen molar-refractivity contribution in [1.82, 2.24) is 5.32 Å². The van der Waals surface area contributed by atoms with Gasteiger partial charge in [-0.1, -0.05) is 81.4 Å². The van der Waals surface area contributed by atoms with Gasteiger partial charge in [-0.3, -0.25) is 0 Å². The number of rotatable bonds is 12. The van der Waals surface area contributed by atoms with Gasteiger partial charge in [-0.2, -0.15) is 0 Å². The lowest BCUT2D eigenvalue weighted by Crippen LogP contribution is -2.66. The van der Waals surface area contributed by atoms with E-state index in [0.717, 1.165) is 6.54 Å². The van der Waals surface area contributed by atoms with Crippen molar-refractivity contribution in [2.45, 2.75) is 25.8 Å². The van der Waals surface area contributed by atoms with E-state index in [1.165, 1.54) is 10.4 Å². The zero-order valence-electron chi connectivity index (χ0n) is 17.7. The lowest BCUT2D eigenvalue weighted by atomic mass is 10.2. The number of hydrogen-bond acceptors (Lipinski definition) is 4. The highest BCUT2D eigenvalue weighted by Gasteiger charge is 2.49. The van der Waals surface area contributed by atoms with Gasteiger partial charge in [0, 0.05) is 6.54 Å². The highest BCUT2D eigenvalue weighted by molar-refractivity contribution is 6.99. The summed E-state index contributed by atoms with van der Waals surface area (Å²) >= 11 is 0. The molecule has 2 rings (SSSR count). The summed E-state index contributed by atoms with van der Waals surface area (Å²) in [6.45, 7) is 10.8. The van der Waals surface area contributed by atoms with Gasteiger partial charge < -0.3 is 19.2 Å². The molecule has 2 aromatic carbocycles. The van der Waals surface area contributed by atoms with Crippen molar-refractivity contribution in [1.29, 1.82) is 0 Å². The minimum Gasteiger partial charge on any atom is -0.405 e. The molecule has 0 heterocycles. The second-order valence-electron chi connectivity index (χ2n) is 7.84. The number of likely N-dealkylation sites (N-methyl/N-ethyl adjacent to an activating group) is 1. The molecule has 154 valence electrons. The van der Waals surface area contributed by atoms with Gasteiger partial charge in [-0.25, -0.2) is 0 Å². The largest absolute Gasteiger partial charge is 0.405 e. The van der Waals surface area contributed by atoms with Crippen LogP contribution >= 0.6 is 0 Å². The Morgan fingerprint density at radius 2 is 1.18 bits per heavy atom. The van der Waals surface area contributed by atoms with E-state index in [4.69, 9.17) is 13.9 Å². The van der Waals surface area contributed by atoms with Crippen LogP contribution in [0.2, 0.25) is 5.04 Å². The molecule has 0 spiro atoms. The third kappa shape index (κ3) is 6.00. The average Bonchev–Trinajstić information content (AvgIpc) is 2.70. The maximum Gasteiger partial charge on any atom is 0.261 e. The lowest BCUT2D eigenvalue weighted by Gasteiger charge is -2.43. The third-order valence-electron chi connectivity index (χ3n) is 4.83. The van der Waals surface area contributed by atoms with Gasteiger partial charge in [-0.05, 0) is 22.5 Å². The Kier molecular flexibility index (Phi) is 9.35. The fourth-order valence-electron chi connectivity index (χ4n) is 3.51. The molecular weight excluding hydrogens is 366 g/mol. The monoisotopic (exact) mass is 401 g/mol. The van der Waals surface area contributed by atoms with Crippen molar-refractivity contribution in [2.24, 2.45) is 0 Å². The molecule has 0 saturated heterocycles. The van der Waals surface area contributed by atoms with Crippen molar-refractivity contribution < 1.29 is 13.9 Å². The van der Waals surface area contributed by atoms with E-state index in [0.29, 0.717) is 33.0 Å². The van der Waals surface area contributed by atoms with Crippen molar-refractivity contribution >= 4 is 18.7 Å². The topological polar surface area (TPSA) is 39.7 Å². The molecule has 0 aromatic heterocycles. The second kappa shape index (κ2) is 11.5. The third-order valence-corrected chi connectivity index (χ3v) is 9.87. The van der Waals surface area contributed by atoms with Gasteiger partial charge in [0.05, 0.1) is 33.0 Å². The quantitative estimate of drug-likeness (QED) is 0.439. The van der Waals surface area contributed by atoms with Crippen LogP contribution in [0.5, 0.6) is 0 Å². The molecule has 1 N–H and O–H groups in total. The van der Waals surface area contributed by atoms with Gasteiger partial charge in [-0.15, -0.1) is 0 Å². The number of ether oxygens (including phenoxy) is 2.